The number of aryl methyl sites for hydroxylation is 1. The van der Waals surface area contributed by atoms with E-state index in [0.717, 1.165) is 41.7 Å². The summed E-state index contributed by atoms with van der Waals surface area (Å²) in [5, 5.41) is 3.98. The molecule has 6 nitrogen and oxygen atoms in total. The lowest BCUT2D eigenvalue weighted by Crippen LogP contribution is -2.44. The molecule has 1 heterocycles. The molecule has 2 amide bonds. The number of nitrogens with zero attached hydrogens (tertiary/aromatic N) is 2. The van der Waals surface area contributed by atoms with Gasteiger partial charge in [-0.05, 0) is 42.6 Å². The molecule has 0 spiro atoms. The van der Waals surface area contributed by atoms with Gasteiger partial charge in [0.25, 0.3) is 5.56 Å². The summed E-state index contributed by atoms with van der Waals surface area (Å²) in [6, 6.07) is 17.5. The highest BCUT2D eigenvalue weighted by atomic mass is 16.2. The topological polar surface area (TPSA) is 68.4 Å². The van der Waals surface area contributed by atoms with Crippen molar-refractivity contribution in [2.45, 2.75) is 33.9 Å². The lowest BCUT2D eigenvalue weighted by molar-refractivity contribution is 0.181. The first-order valence-electron chi connectivity index (χ1n) is 10.9. The Morgan fingerprint density at radius 1 is 1.00 bits per heavy atom. The summed E-state index contributed by atoms with van der Waals surface area (Å²) < 4.78 is 0. The van der Waals surface area contributed by atoms with Gasteiger partial charge in [0.2, 0.25) is 0 Å². The predicted molar refractivity (Wildman–Crippen MR) is 126 cm³/mol. The number of fused-ring (bicyclic) bond motifs is 1. The Morgan fingerprint density at radius 3 is 2.45 bits per heavy atom. The number of amides is 2. The van der Waals surface area contributed by atoms with Crippen LogP contribution >= 0.6 is 0 Å². The number of carbonyl (C=O) groups excluding carboxylic acids is 1. The SMILES string of the molecule is CCN(CC)CCN(Cc1cc2cccc(C)c2[nH]c1=O)C(=O)NCc1ccccc1. The average molecular weight is 421 g/mol. The van der Waals surface area contributed by atoms with Gasteiger partial charge in [-0.2, -0.15) is 0 Å². The molecule has 0 saturated carbocycles. The van der Waals surface area contributed by atoms with E-state index < -0.39 is 0 Å². The van der Waals surface area contributed by atoms with E-state index in [1.165, 1.54) is 0 Å². The van der Waals surface area contributed by atoms with Gasteiger partial charge in [0.15, 0.2) is 0 Å². The molecule has 6 heteroatoms. The Kier molecular flexibility index (Phi) is 7.84. The molecule has 31 heavy (non-hydrogen) atoms. The number of hydrogen-bond acceptors (Lipinski definition) is 3. The fourth-order valence-corrected chi connectivity index (χ4v) is 3.69. The highest BCUT2D eigenvalue weighted by Crippen LogP contribution is 2.16. The standard InChI is InChI=1S/C25H32N4O2/c1-4-28(5-2)14-15-29(25(31)26-17-20-11-7-6-8-12-20)18-22-16-21-13-9-10-19(3)23(21)27-24(22)30/h6-13,16H,4-5,14-15,17-18H2,1-3H3,(H,26,31)(H,27,30). The minimum absolute atomic E-state index is 0.148. The van der Waals surface area contributed by atoms with Crippen LogP contribution in [0.5, 0.6) is 0 Å². The highest BCUT2D eigenvalue weighted by Gasteiger charge is 2.17. The number of rotatable bonds is 9. The Labute approximate surface area is 183 Å². The first-order valence-corrected chi connectivity index (χ1v) is 10.9. The fourth-order valence-electron chi connectivity index (χ4n) is 3.69. The van der Waals surface area contributed by atoms with E-state index >= 15 is 0 Å². The average Bonchev–Trinajstić information content (AvgIpc) is 2.79. The van der Waals surface area contributed by atoms with E-state index in [-0.39, 0.29) is 18.1 Å². The van der Waals surface area contributed by atoms with Crippen LogP contribution in [0.1, 0.15) is 30.5 Å². The Morgan fingerprint density at radius 2 is 1.74 bits per heavy atom. The number of likely N-dealkylation sites (N-methyl/N-ethyl adjacent to an activating group) is 1. The monoisotopic (exact) mass is 420 g/mol. The zero-order valence-corrected chi connectivity index (χ0v) is 18.6. The van der Waals surface area contributed by atoms with Gasteiger partial charge in [-0.15, -0.1) is 0 Å². The van der Waals surface area contributed by atoms with Crippen LogP contribution in [0.3, 0.4) is 0 Å². The van der Waals surface area contributed by atoms with E-state index in [1.54, 1.807) is 4.90 Å². The van der Waals surface area contributed by atoms with Crippen LogP contribution < -0.4 is 10.9 Å². The number of pyridine rings is 1. The van der Waals surface area contributed by atoms with Gasteiger partial charge >= 0.3 is 6.03 Å². The van der Waals surface area contributed by atoms with Crippen molar-refractivity contribution in [3.05, 3.63) is 81.6 Å². The van der Waals surface area contributed by atoms with E-state index in [0.29, 0.717) is 18.7 Å². The number of hydrogen-bond donors (Lipinski definition) is 2. The number of nitrogens with one attached hydrogen (secondary N) is 2. The summed E-state index contributed by atoms with van der Waals surface area (Å²) in [6.07, 6.45) is 0. The first kappa shape index (κ1) is 22.6. The molecular formula is C25H32N4O2. The maximum atomic E-state index is 13.0. The van der Waals surface area contributed by atoms with Crippen LogP contribution in [0.4, 0.5) is 4.79 Å². The minimum Gasteiger partial charge on any atom is -0.334 e. The molecule has 0 aliphatic carbocycles. The lowest BCUT2D eigenvalue weighted by atomic mass is 10.1. The molecule has 0 saturated heterocycles. The van der Waals surface area contributed by atoms with Gasteiger partial charge in [0.1, 0.15) is 0 Å². The molecule has 0 aliphatic rings. The van der Waals surface area contributed by atoms with Crippen LogP contribution in [0.2, 0.25) is 0 Å². The molecule has 1 aromatic heterocycles. The van der Waals surface area contributed by atoms with Crippen molar-refractivity contribution in [2.24, 2.45) is 0 Å². The minimum atomic E-state index is -0.167. The summed E-state index contributed by atoms with van der Waals surface area (Å²) >= 11 is 0. The van der Waals surface area contributed by atoms with Crippen LogP contribution in [0.15, 0.2) is 59.4 Å². The summed E-state index contributed by atoms with van der Waals surface area (Å²) in [5.74, 6) is 0. The number of carbonyl (C=O) groups is 1. The smallest absolute Gasteiger partial charge is 0.318 e. The van der Waals surface area contributed by atoms with Crippen molar-refractivity contribution >= 4 is 16.9 Å². The second-order valence-electron chi connectivity index (χ2n) is 7.76. The third-order valence-corrected chi connectivity index (χ3v) is 5.68. The molecule has 2 N–H and O–H groups in total. The fraction of sp³-hybridized carbons (Fsp3) is 0.360. The third kappa shape index (κ3) is 5.95. The largest absolute Gasteiger partial charge is 0.334 e. The third-order valence-electron chi connectivity index (χ3n) is 5.68. The molecule has 164 valence electrons. The summed E-state index contributed by atoms with van der Waals surface area (Å²) in [7, 11) is 0. The molecule has 0 bridgehead atoms. The molecular weight excluding hydrogens is 388 g/mol. The molecule has 0 aliphatic heterocycles. The zero-order chi connectivity index (χ0) is 22.2. The van der Waals surface area contributed by atoms with E-state index in [4.69, 9.17) is 0 Å². The number of H-pyrrole nitrogens is 1. The summed E-state index contributed by atoms with van der Waals surface area (Å²) in [4.78, 5) is 32.8. The predicted octanol–water partition coefficient (Wildman–Crippen LogP) is 3.89. The van der Waals surface area contributed by atoms with Gasteiger partial charge in [-0.25, -0.2) is 4.79 Å². The second-order valence-corrected chi connectivity index (χ2v) is 7.76. The van der Waals surface area contributed by atoms with E-state index in [2.05, 4.69) is 29.0 Å². The zero-order valence-electron chi connectivity index (χ0n) is 18.6. The van der Waals surface area contributed by atoms with Crippen molar-refractivity contribution in [1.82, 2.24) is 20.1 Å². The van der Waals surface area contributed by atoms with Crippen LogP contribution in [0.25, 0.3) is 10.9 Å². The summed E-state index contributed by atoms with van der Waals surface area (Å²) in [5.41, 5.74) is 3.36. The number of benzene rings is 2. The molecule has 0 atom stereocenters. The van der Waals surface area contributed by atoms with E-state index in [1.807, 2.05) is 61.5 Å². The van der Waals surface area contributed by atoms with Crippen molar-refractivity contribution in [3.63, 3.8) is 0 Å². The number of aromatic amines is 1. The highest BCUT2D eigenvalue weighted by molar-refractivity contribution is 5.82. The van der Waals surface area contributed by atoms with Gasteiger partial charge in [-0.1, -0.05) is 62.4 Å². The first-order chi connectivity index (χ1) is 15.0. The number of urea groups is 1. The maximum absolute atomic E-state index is 13.0. The molecule has 3 rings (SSSR count). The molecule has 0 radical (unpaired) electrons. The number of para-hydroxylation sites is 1. The van der Waals surface area contributed by atoms with Gasteiger partial charge < -0.3 is 20.1 Å². The summed E-state index contributed by atoms with van der Waals surface area (Å²) in [6.45, 7) is 10.1. The lowest BCUT2D eigenvalue weighted by Gasteiger charge is -2.26. The van der Waals surface area contributed by atoms with Gasteiger partial charge in [0, 0.05) is 25.2 Å². The van der Waals surface area contributed by atoms with Crippen LogP contribution in [0, 0.1) is 6.92 Å². The van der Waals surface area contributed by atoms with Crippen molar-refractivity contribution < 1.29 is 4.79 Å². The van der Waals surface area contributed by atoms with Crippen molar-refractivity contribution in [2.75, 3.05) is 26.2 Å². The quantitative estimate of drug-likeness (QED) is 0.552. The maximum Gasteiger partial charge on any atom is 0.318 e. The number of aromatic nitrogens is 1. The Balaban J connectivity index is 1.80. The molecule has 3 aromatic rings. The van der Waals surface area contributed by atoms with Crippen molar-refractivity contribution in [1.29, 1.82) is 0 Å². The molecule has 2 aromatic carbocycles. The van der Waals surface area contributed by atoms with Gasteiger partial charge in [-0.3, -0.25) is 4.79 Å². The normalized spacial score (nSPS) is 11.1. The Hall–Kier alpha value is -3.12. The van der Waals surface area contributed by atoms with Crippen LogP contribution in [-0.4, -0.2) is 47.0 Å². The van der Waals surface area contributed by atoms with Crippen molar-refractivity contribution in [3.8, 4) is 0 Å². The Bertz CT molecular complexity index is 1060. The molecule has 0 fully saturated rings. The van der Waals surface area contributed by atoms with Crippen LogP contribution in [-0.2, 0) is 13.1 Å². The second kappa shape index (κ2) is 10.8. The van der Waals surface area contributed by atoms with Gasteiger partial charge in [0.05, 0.1) is 12.1 Å². The van der Waals surface area contributed by atoms with E-state index in [9.17, 15) is 9.59 Å². The molecule has 0 unspecified atom stereocenters.